The van der Waals surface area contributed by atoms with Crippen LogP contribution in [0.4, 0.5) is 0 Å². The third-order valence-corrected chi connectivity index (χ3v) is 12.8. The molecule has 0 aliphatic heterocycles. The van der Waals surface area contributed by atoms with Gasteiger partial charge in [0.2, 0.25) is 0 Å². The molecule has 0 atom stereocenters. The minimum atomic E-state index is -0.703. The standard InChI is InChI=1S/C66H79NO19/c1-10-45-40-59(78-8)50(42-61(45)81-31-25-72-2)16-13-47-37-56(64(69)84-34-28-75-5)48(38-55(47)63(68)83-33-27-74-4)15-18-52-41-60(79-9)51(43-62(52)82-32-26-73-3)17-14-49-39-58(66(71)86-36-30-77-7)54(44-57(49)65(70)85-35-29-76-6)46-19-21-53(22-20-46)80-24-12-11-23-67/h10,13-22,37-44H,1,11-12,23-36,67H2,2-9H3/b16-13+,17-14+,18-15+. The van der Waals surface area contributed by atoms with Crippen LogP contribution in [-0.4, -0.2) is 173 Å². The first-order chi connectivity index (χ1) is 41.9. The van der Waals surface area contributed by atoms with Crippen molar-refractivity contribution in [2.75, 3.05) is 149 Å². The number of nitrogens with two attached hydrogens (primary N) is 1. The Morgan fingerprint density at radius 3 is 1.13 bits per heavy atom. The van der Waals surface area contributed by atoms with Gasteiger partial charge in [-0.2, -0.15) is 0 Å². The van der Waals surface area contributed by atoms with Crippen LogP contribution in [0.3, 0.4) is 0 Å². The molecule has 20 nitrogen and oxygen atoms in total. The fraction of sp³-hybridized carbons (Fsp3) is 0.364. The number of carbonyl (C=O) groups is 4. The van der Waals surface area contributed by atoms with Crippen LogP contribution in [0.25, 0.3) is 53.7 Å². The molecule has 0 aromatic heterocycles. The quantitative estimate of drug-likeness (QED) is 0.0167. The number of rotatable bonds is 39. The Morgan fingerprint density at radius 2 is 0.721 bits per heavy atom. The highest BCUT2D eigenvalue weighted by Crippen LogP contribution is 2.36. The molecule has 0 spiro atoms. The second-order valence-electron chi connectivity index (χ2n) is 18.5. The molecule has 0 saturated heterocycles. The van der Waals surface area contributed by atoms with Gasteiger partial charge in [-0.1, -0.05) is 61.2 Å². The van der Waals surface area contributed by atoms with Crippen LogP contribution >= 0.6 is 0 Å². The largest absolute Gasteiger partial charge is 0.496 e. The molecule has 0 aliphatic rings. The van der Waals surface area contributed by atoms with Gasteiger partial charge in [-0.3, -0.25) is 0 Å². The number of hydrogen-bond donors (Lipinski definition) is 1. The first-order valence-corrected chi connectivity index (χ1v) is 27.7. The maximum atomic E-state index is 14.1. The Balaban J connectivity index is 1.69. The molecule has 0 unspecified atom stereocenters. The van der Waals surface area contributed by atoms with Crippen LogP contribution in [-0.2, 0) is 47.4 Å². The Morgan fingerprint density at radius 1 is 0.372 bits per heavy atom. The SMILES string of the molecule is C=Cc1cc(OC)c(/C=C/c2cc(C(=O)OCCOC)c(/C=C/c3cc(OC)c(/C=C/c4cc(C(=O)OCCOC)c(-c5ccc(OCCCCN)cc5)cc4C(=O)OCCOC)cc3OCCOC)cc2C(=O)OCCOC)cc1OCCOC. The zero-order chi connectivity index (χ0) is 62.1. The van der Waals surface area contributed by atoms with Gasteiger partial charge in [0.25, 0.3) is 0 Å². The predicted octanol–water partition coefficient (Wildman–Crippen LogP) is 9.91. The van der Waals surface area contributed by atoms with Gasteiger partial charge in [0.05, 0.1) is 82.7 Å². The zero-order valence-corrected chi connectivity index (χ0v) is 50.3. The maximum absolute atomic E-state index is 14.1. The molecule has 86 heavy (non-hydrogen) atoms. The molecule has 0 saturated carbocycles. The number of methoxy groups -OCH3 is 8. The van der Waals surface area contributed by atoms with Crippen molar-refractivity contribution < 1.29 is 90.2 Å². The summed E-state index contributed by atoms with van der Waals surface area (Å²) in [6.45, 7) is 6.31. The summed E-state index contributed by atoms with van der Waals surface area (Å²) in [6.07, 6.45) is 13.3. The van der Waals surface area contributed by atoms with Gasteiger partial charge in [0.1, 0.15) is 68.4 Å². The lowest BCUT2D eigenvalue weighted by Gasteiger charge is -2.16. The molecule has 0 amide bonds. The average Bonchev–Trinajstić information content (AvgIpc) is 1.88. The summed E-state index contributed by atoms with van der Waals surface area (Å²) in [5.74, 6) is -0.387. The molecule has 20 heteroatoms. The third kappa shape index (κ3) is 20.7. The van der Waals surface area contributed by atoms with Crippen LogP contribution in [0.2, 0.25) is 0 Å². The van der Waals surface area contributed by atoms with E-state index in [0.717, 1.165) is 12.8 Å². The molecule has 5 aromatic carbocycles. The molecule has 0 radical (unpaired) electrons. The average molecular weight is 1190 g/mol. The highest BCUT2D eigenvalue weighted by atomic mass is 16.6. The maximum Gasteiger partial charge on any atom is 0.338 e. The molecular weight excluding hydrogens is 1110 g/mol. The van der Waals surface area contributed by atoms with Crippen molar-refractivity contribution in [3.05, 3.63) is 141 Å². The Bertz CT molecular complexity index is 3090. The number of benzene rings is 5. The van der Waals surface area contributed by atoms with E-state index in [-0.39, 0.29) is 100 Å². The molecule has 0 bridgehead atoms. The molecule has 5 aromatic rings. The zero-order valence-electron chi connectivity index (χ0n) is 50.3. The van der Waals surface area contributed by atoms with Crippen LogP contribution < -0.4 is 29.4 Å². The first-order valence-electron chi connectivity index (χ1n) is 27.7. The highest BCUT2D eigenvalue weighted by Gasteiger charge is 2.24. The van der Waals surface area contributed by atoms with Crippen LogP contribution in [0.15, 0.2) is 79.4 Å². The van der Waals surface area contributed by atoms with E-state index in [0.29, 0.717) is 93.0 Å². The second kappa shape index (κ2) is 37.9. The van der Waals surface area contributed by atoms with Crippen molar-refractivity contribution >= 4 is 66.4 Å². The smallest absolute Gasteiger partial charge is 0.338 e. The lowest BCUT2D eigenvalue weighted by atomic mass is 9.93. The lowest BCUT2D eigenvalue weighted by Crippen LogP contribution is -2.15. The fourth-order valence-corrected chi connectivity index (χ4v) is 8.30. The topological polar surface area (TPSA) is 233 Å². The van der Waals surface area contributed by atoms with Crippen LogP contribution in [0, 0.1) is 0 Å². The van der Waals surface area contributed by atoms with Crippen LogP contribution in [0.5, 0.6) is 28.7 Å². The Labute approximate surface area is 503 Å². The number of hydrogen-bond acceptors (Lipinski definition) is 20. The summed E-state index contributed by atoms with van der Waals surface area (Å²) in [5.41, 5.74) is 10.3. The van der Waals surface area contributed by atoms with Gasteiger partial charge in [0, 0.05) is 64.9 Å². The van der Waals surface area contributed by atoms with E-state index in [1.165, 1.54) is 48.7 Å². The first kappa shape index (κ1) is 68.4. The van der Waals surface area contributed by atoms with Crippen molar-refractivity contribution in [1.82, 2.24) is 0 Å². The van der Waals surface area contributed by atoms with Gasteiger partial charge in [-0.05, 0) is 108 Å². The Kier molecular flexibility index (Phi) is 30.1. The van der Waals surface area contributed by atoms with Crippen molar-refractivity contribution in [1.29, 1.82) is 0 Å². The van der Waals surface area contributed by atoms with E-state index < -0.39 is 23.9 Å². The van der Waals surface area contributed by atoms with Gasteiger partial charge >= 0.3 is 23.9 Å². The summed E-state index contributed by atoms with van der Waals surface area (Å²) in [7, 11) is 12.1. The fourth-order valence-electron chi connectivity index (χ4n) is 8.30. The van der Waals surface area contributed by atoms with E-state index >= 15 is 0 Å². The van der Waals surface area contributed by atoms with Gasteiger partial charge < -0.3 is 76.8 Å². The van der Waals surface area contributed by atoms with Crippen molar-refractivity contribution in [2.45, 2.75) is 12.8 Å². The van der Waals surface area contributed by atoms with E-state index in [9.17, 15) is 19.2 Å². The van der Waals surface area contributed by atoms with Crippen molar-refractivity contribution in [3.63, 3.8) is 0 Å². The Hall–Kier alpha value is -8.34. The number of unbranched alkanes of at least 4 members (excludes halogenated alkanes) is 1. The van der Waals surface area contributed by atoms with Gasteiger partial charge in [0.15, 0.2) is 0 Å². The summed E-state index contributed by atoms with van der Waals surface area (Å²) >= 11 is 0. The lowest BCUT2D eigenvalue weighted by molar-refractivity contribution is 0.0375. The molecule has 5 rings (SSSR count). The van der Waals surface area contributed by atoms with Crippen molar-refractivity contribution in [2.24, 2.45) is 5.73 Å². The highest BCUT2D eigenvalue weighted by molar-refractivity contribution is 6.04. The number of esters is 4. The monoisotopic (exact) mass is 1190 g/mol. The summed E-state index contributed by atoms with van der Waals surface area (Å²) in [6, 6.07) is 20.4. The number of carbonyl (C=O) groups excluding carboxylic acids is 4. The predicted molar refractivity (Wildman–Crippen MR) is 328 cm³/mol. The summed E-state index contributed by atoms with van der Waals surface area (Å²) in [5, 5.41) is 0. The second-order valence-corrected chi connectivity index (χ2v) is 18.5. The molecule has 2 N–H and O–H groups in total. The minimum absolute atomic E-state index is 0.0266. The molecule has 0 fully saturated rings. The number of ether oxygens (including phenoxy) is 15. The molecule has 0 aliphatic carbocycles. The van der Waals surface area contributed by atoms with E-state index in [4.69, 9.17) is 76.8 Å². The summed E-state index contributed by atoms with van der Waals surface area (Å²) < 4.78 is 83.9. The normalized spacial score (nSPS) is 11.3. The molecular formula is C66H79NO19. The van der Waals surface area contributed by atoms with Crippen LogP contribution in [0.1, 0.15) is 93.2 Å². The van der Waals surface area contributed by atoms with Gasteiger partial charge in [-0.15, -0.1) is 0 Å². The van der Waals surface area contributed by atoms with E-state index in [1.54, 1.807) is 123 Å². The van der Waals surface area contributed by atoms with E-state index in [1.807, 2.05) is 0 Å². The minimum Gasteiger partial charge on any atom is -0.496 e. The molecule has 0 heterocycles. The van der Waals surface area contributed by atoms with E-state index in [2.05, 4.69) is 6.58 Å². The third-order valence-electron chi connectivity index (χ3n) is 12.8. The molecule has 462 valence electrons. The van der Waals surface area contributed by atoms with Gasteiger partial charge in [-0.25, -0.2) is 19.2 Å². The summed E-state index contributed by atoms with van der Waals surface area (Å²) in [4.78, 5) is 56.2. The van der Waals surface area contributed by atoms with Crippen molar-refractivity contribution in [3.8, 4) is 39.9 Å².